The van der Waals surface area contributed by atoms with E-state index in [9.17, 15) is 34.5 Å². The Morgan fingerprint density at radius 1 is 1.07 bits per heavy atom. The van der Waals surface area contributed by atoms with Gasteiger partial charge in [0.05, 0.1) is 11.5 Å². The van der Waals surface area contributed by atoms with Crippen molar-refractivity contribution in [3.63, 3.8) is 0 Å². The van der Waals surface area contributed by atoms with Gasteiger partial charge in [-0.15, -0.1) is 0 Å². The lowest BCUT2D eigenvalue weighted by Crippen LogP contribution is -2.64. The van der Waals surface area contributed by atoms with Crippen LogP contribution in [0.3, 0.4) is 0 Å². The van der Waals surface area contributed by atoms with Crippen LogP contribution < -0.4 is 0 Å². The number of carbonyl (C=O) groups excluding carboxylic acids is 4. The second kappa shape index (κ2) is 8.96. The average Bonchev–Trinajstić information content (AvgIpc) is 3.01. The lowest BCUT2D eigenvalue weighted by molar-refractivity contribution is -0.179. The SMILES string of the molecule is CC(=O)OC(C)(C)/C=C/C(=O)C(C)(O)C1C(O)C[C@@]2(C)[C@@H]3CC=C4[C@H](C=C(O)C(=O)C4(C)C)[C@@]3(C)C(=O)C[C@]12C. The first-order chi connectivity index (χ1) is 18.1. The molecule has 0 bridgehead atoms. The average molecular weight is 557 g/mol. The molecule has 8 heteroatoms. The number of rotatable bonds is 5. The van der Waals surface area contributed by atoms with E-state index in [2.05, 4.69) is 0 Å². The predicted octanol–water partition coefficient (Wildman–Crippen LogP) is 4.19. The van der Waals surface area contributed by atoms with Gasteiger partial charge in [0, 0.05) is 30.6 Å². The maximum atomic E-state index is 14.3. The molecule has 8 nitrogen and oxygen atoms in total. The zero-order valence-corrected chi connectivity index (χ0v) is 25.1. The van der Waals surface area contributed by atoms with Crippen LogP contribution in [0.1, 0.15) is 81.6 Å². The van der Waals surface area contributed by atoms with Gasteiger partial charge in [-0.3, -0.25) is 19.2 Å². The standard InChI is InChI=1S/C32H44O8/c1-17(33)40-27(2,3)13-12-23(36)32(9,39)25-21(35)15-29(6)22-11-10-18-19(14-20(34)26(38)28(18,4)5)31(22,8)24(37)16-30(25,29)7/h10,12-14,19,21-22,25,34-35,39H,11,15-16H2,1-9H3/b13-12+/t19-,21?,22-,25?,29-,30+,31+,32?/m0/s1. The van der Waals surface area contributed by atoms with Gasteiger partial charge in [0.1, 0.15) is 17.0 Å². The molecule has 0 aliphatic heterocycles. The van der Waals surface area contributed by atoms with Crippen molar-refractivity contribution < 1.29 is 39.2 Å². The minimum Gasteiger partial charge on any atom is -0.505 e. The third-order valence-electron chi connectivity index (χ3n) is 11.2. The number of aliphatic hydroxyl groups excluding tert-OH is 2. The van der Waals surface area contributed by atoms with Crippen LogP contribution in [0.15, 0.2) is 35.6 Å². The van der Waals surface area contributed by atoms with Crippen LogP contribution in [0.4, 0.5) is 0 Å². The summed E-state index contributed by atoms with van der Waals surface area (Å²) in [4.78, 5) is 52.0. The lowest BCUT2D eigenvalue weighted by atomic mass is 9.39. The first-order valence-corrected chi connectivity index (χ1v) is 14.1. The fraction of sp³-hybridized carbons (Fsp3) is 0.688. The highest BCUT2D eigenvalue weighted by atomic mass is 16.6. The smallest absolute Gasteiger partial charge is 0.303 e. The summed E-state index contributed by atoms with van der Waals surface area (Å²) < 4.78 is 5.22. The molecular formula is C32H44O8. The van der Waals surface area contributed by atoms with Gasteiger partial charge in [-0.2, -0.15) is 0 Å². The molecule has 3 unspecified atom stereocenters. The molecular weight excluding hydrogens is 512 g/mol. The van der Waals surface area contributed by atoms with Crippen molar-refractivity contribution in [2.24, 2.45) is 39.4 Å². The minimum atomic E-state index is -2.00. The summed E-state index contributed by atoms with van der Waals surface area (Å²) in [5.74, 6) is -3.61. The van der Waals surface area contributed by atoms with Crippen molar-refractivity contribution in [3.05, 3.63) is 35.6 Å². The van der Waals surface area contributed by atoms with E-state index in [1.807, 2.05) is 26.8 Å². The molecule has 0 saturated heterocycles. The van der Waals surface area contributed by atoms with E-state index in [-0.39, 0.29) is 36.1 Å². The Kier molecular flexibility index (Phi) is 6.80. The molecule has 2 saturated carbocycles. The van der Waals surface area contributed by atoms with Crippen molar-refractivity contribution in [1.82, 2.24) is 0 Å². The zero-order valence-electron chi connectivity index (χ0n) is 25.1. The second-order valence-corrected chi connectivity index (χ2v) is 14.4. The summed E-state index contributed by atoms with van der Waals surface area (Å²) in [6.07, 6.45) is 5.89. The molecule has 2 fully saturated rings. The Morgan fingerprint density at radius 2 is 1.68 bits per heavy atom. The van der Waals surface area contributed by atoms with E-state index in [1.54, 1.807) is 27.7 Å². The number of hydrogen-bond acceptors (Lipinski definition) is 8. The summed E-state index contributed by atoms with van der Waals surface area (Å²) >= 11 is 0. The van der Waals surface area contributed by atoms with E-state index >= 15 is 0 Å². The fourth-order valence-corrected chi connectivity index (χ4v) is 8.98. The molecule has 0 aromatic rings. The zero-order chi connectivity index (χ0) is 30.4. The van der Waals surface area contributed by atoms with E-state index < -0.39 is 62.6 Å². The Hall–Kier alpha value is -2.58. The summed E-state index contributed by atoms with van der Waals surface area (Å²) in [5, 5.41) is 33.8. The van der Waals surface area contributed by atoms with Gasteiger partial charge in [0.25, 0.3) is 0 Å². The highest BCUT2D eigenvalue weighted by Gasteiger charge is 2.74. The topological polar surface area (TPSA) is 138 Å². The van der Waals surface area contributed by atoms with Crippen LogP contribution in [0.25, 0.3) is 0 Å². The first-order valence-electron chi connectivity index (χ1n) is 14.1. The van der Waals surface area contributed by atoms with Gasteiger partial charge in [0.15, 0.2) is 11.5 Å². The lowest BCUT2D eigenvalue weighted by Gasteiger charge is -2.63. The summed E-state index contributed by atoms with van der Waals surface area (Å²) in [5.41, 5.74) is -5.72. The number of aliphatic hydroxyl groups is 3. The first kappa shape index (κ1) is 30.4. The fourth-order valence-electron chi connectivity index (χ4n) is 8.98. The van der Waals surface area contributed by atoms with Gasteiger partial charge >= 0.3 is 5.97 Å². The number of ether oxygens (including phenoxy) is 1. The van der Waals surface area contributed by atoms with Gasteiger partial charge in [0.2, 0.25) is 5.78 Å². The van der Waals surface area contributed by atoms with Crippen LogP contribution >= 0.6 is 0 Å². The summed E-state index contributed by atoms with van der Waals surface area (Å²) in [6.45, 7) is 15.3. The Bertz CT molecular complexity index is 1270. The van der Waals surface area contributed by atoms with Crippen LogP contribution in [0, 0.1) is 39.4 Å². The van der Waals surface area contributed by atoms with Crippen molar-refractivity contribution in [1.29, 1.82) is 0 Å². The maximum absolute atomic E-state index is 14.3. The number of fused-ring (bicyclic) bond motifs is 5. The molecule has 0 radical (unpaired) electrons. The molecule has 0 aromatic heterocycles. The van der Waals surface area contributed by atoms with Crippen molar-refractivity contribution in [3.8, 4) is 0 Å². The normalized spacial score (nSPS) is 40.4. The van der Waals surface area contributed by atoms with Crippen LogP contribution in [-0.4, -0.2) is 55.9 Å². The van der Waals surface area contributed by atoms with E-state index in [1.165, 1.54) is 32.1 Å². The molecule has 0 aromatic carbocycles. The van der Waals surface area contributed by atoms with Crippen LogP contribution in [0.5, 0.6) is 0 Å². The number of carbonyl (C=O) groups is 4. The highest BCUT2D eigenvalue weighted by molar-refractivity contribution is 6.02. The molecule has 40 heavy (non-hydrogen) atoms. The second-order valence-electron chi connectivity index (χ2n) is 14.4. The molecule has 220 valence electrons. The molecule has 4 aliphatic rings. The third-order valence-corrected chi connectivity index (χ3v) is 11.2. The van der Waals surface area contributed by atoms with Crippen LogP contribution in [-0.2, 0) is 23.9 Å². The summed E-state index contributed by atoms with van der Waals surface area (Å²) in [6, 6.07) is 0. The number of ketones is 3. The highest BCUT2D eigenvalue weighted by Crippen LogP contribution is 2.73. The number of hydrogen-bond donors (Lipinski definition) is 3. The van der Waals surface area contributed by atoms with Crippen molar-refractivity contribution >= 4 is 23.3 Å². The van der Waals surface area contributed by atoms with E-state index in [0.717, 1.165) is 5.57 Å². The largest absolute Gasteiger partial charge is 0.505 e. The molecule has 3 N–H and O–H groups in total. The van der Waals surface area contributed by atoms with Gasteiger partial charge < -0.3 is 20.1 Å². The van der Waals surface area contributed by atoms with E-state index in [4.69, 9.17) is 4.74 Å². The number of Topliss-reactive ketones (excluding diaryl/α,β-unsaturated/α-hetero) is 2. The monoisotopic (exact) mass is 556 g/mol. The molecule has 8 atom stereocenters. The van der Waals surface area contributed by atoms with Crippen molar-refractivity contribution in [2.45, 2.75) is 98.9 Å². The van der Waals surface area contributed by atoms with Gasteiger partial charge in [-0.05, 0) is 82.4 Å². The molecule has 0 spiro atoms. The van der Waals surface area contributed by atoms with Gasteiger partial charge in [-0.1, -0.05) is 32.4 Å². The number of allylic oxidation sites excluding steroid dienone is 4. The third kappa shape index (κ3) is 4.00. The number of esters is 1. The van der Waals surface area contributed by atoms with Crippen molar-refractivity contribution in [2.75, 3.05) is 0 Å². The Morgan fingerprint density at radius 3 is 2.25 bits per heavy atom. The summed E-state index contributed by atoms with van der Waals surface area (Å²) in [7, 11) is 0. The molecule has 0 amide bonds. The predicted molar refractivity (Wildman–Crippen MR) is 148 cm³/mol. The maximum Gasteiger partial charge on any atom is 0.303 e. The quantitative estimate of drug-likeness (QED) is 0.260. The van der Waals surface area contributed by atoms with Gasteiger partial charge in [-0.25, -0.2) is 0 Å². The molecule has 4 rings (SSSR count). The Labute approximate surface area is 236 Å². The molecule has 0 heterocycles. The van der Waals surface area contributed by atoms with Crippen LogP contribution in [0.2, 0.25) is 0 Å². The van der Waals surface area contributed by atoms with E-state index in [0.29, 0.717) is 6.42 Å². The molecule has 4 aliphatic carbocycles. The Balaban J connectivity index is 1.76. The minimum absolute atomic E-state index is 0.0249.